The molecule has 0 aliphatic carbocycles. The summed E-state index contributed by atoms with van der Waals surface area (Å²) in [6, 6.07) is 8.11. The van der Waals surface area contributed by atoms with Gasteiger partial charge in [0.05, 0.1) is 16.1 Å². The average Bonchev–Trinajstić information content (AvgIpc) is 2.86. The summed E-state index contributed by atoms with van der Waals surface area (Å²) in [4.78, 5) is 17.3. The molecule has 0 aliphatic rings. The Morgan fingerprint density at radius 3 is 2.59 bits per heavy atom. The van der Waals surface area contributed by atoms with E-state index in [1.165, 1.54) is 18.3 Å². The van der Waals surface area contributed by atoms with E-state index in [2.05, 4.69) is 20.9 Å². The molecule has 0 saturated heterocycles. The Hall–Kier alpha value is -1.44. The number of aromatic nitrogens is 1. The van der Waals surface area contributed by atoms with Crippen molar-refractivity contribution in [2.75, 3.05) is 19.0 Å². The van der Waals surface area contributed by atoms with E-state index >= 15 is 0 Å². The van der Waals surface area contributed by atoms with Gasteiger partial charge in [0, 0.05) is 25.3 Å². The molecule has 22 heavy (non-hydrogen) atoms. The fraction of sp³-hybridized carbons (Fsp3) is 0.333. The summed E-state index contributed by atoms with van der Waals surface area (Å²) < 4.78 is 6.14. The molecule has 0 saturated carbocycles. The van der Waals surface area contributed by atoms with Crippen LogP contribution in [0.1, 0.15) is 12.6 Å². The number of halogens is 1. The van der Waals surface area contributed by atoms with Crippen LogP contribution in [0, 0.1) is 0 Å². The molecular weight excluding hydrogens is 368 g/mol. The van der Waals surface area contributed by atoms with Crippen LogP contribution in [-0.2, 0) is 16.1 Å². The third kappa shape index (κ3) is 4.06. The lowest BCUT2D eigenvalue weighted by Gasteiger charge is -2.12. The number of benzene rings is 1. The van der Waals surface area contributed by atoms with Gasteiger partial charge in [0.15, 0.2) is 6.10 Å². The van der Waals surface area contributed by atoms with E-state index in [1.54, 1.807) is 0 Å². The van der Waals surface area contributed by atoms with Gasteiger partial charge in [-0.1, -0.05) is 0 Å². The number of anilines is 1. The largest absolute Gasteiger partial charge is 0.479 e. The minimum Gasteiger partial charge on any atom is -0.479 e. The highest BCUT2D eigenvalue weighted by atomic mass is 79.9. The van der Waals surface area contributed by atoms with Gasteiger partial charge in [-0.3, -0.25) is 0 Å². The smallest absolute Gasteiger partial charge is 0.332 e. The van der Waals surface area contributed by atoms with Gasteiger partial charge < -0.3 is 14.7 Å². The predicted molar refractivity (Wildman–Crippen MR) is 91.5 cm³/mol. The van der Waals surface area contributed by atoms with Gasteiger partial charge in [-0.2, -0.15) is 0 Å². The number of hydrogen-bond acceptors (Lipinski definition) is 5. The maximum Gasteiger partial charge on any atom is 0.332 e. The quantitative estimate of drug-likeness (QED) is 0.823. The van der Waals surface area contributed by atoms with Crippen molar-refractivity contribution in [2.24, 2.45) is 0 Å². The van der Waals surface area contributed by atoms with Gasteiger partial charge >= 0.3 is 5.97 Å². The molecule has 2 aromatic rings. The van der Waals surface area contributed by atoms with Crippen LogP contribution in [0.15, 0.2) is 28.1 Å². The van der Waals surface area contributed by atoms with E-state index in [4.69, 9.17) is 9.84 Å². The maximum atomic E-state index is 10.8. The van der Waals surface area contributed by atoms with Gasteiger partial charge in [0.1, 0.15) is 5.01 Å². The molecule has 0 aliphatic heterocycles. The standard InChI is InChI=1S/C15H17BrN2O3S/c1-9(15(19)20)21-8-12-13(16)22-14(17-12)10-4-6-11(7-5-10)18(2)3/h4-7,9H,8H2,1-3H3,(H,19,20). The summed E-state index contributed by atoms with van der Waals surface area (Å²) in [6.45, 7) is 1.67. The van der Waals surface area contributed by atoms with Crippen LogP contribution in [-0.4, -0.2) is 36.3 Å². The zero-order valence-corrected chi connectivity index (χ0v) is 14.9. The summed E-state index contributed by atoms with van der Waals surface area (Å²) in [5, 5.41) is 9.70. The number of carbonyl (C=O) groups is 1. The van der Waals surface area contributed by atoms with Crippen molar-refractivity contribution in [3.05, 3.63) is 33.7 Å². The number of ether oxygens (including phenoxy) is 1. The first-order valence-corrected chi connectivity index (χ1v) is 8.27. The van der Waals surface area contributed by atoms with Crippen molar-refractivity contribution in [3.8, 4) is 10.6 Å². The Balaban J connectivity index is 2.13. The Bertz CT molecular complexity index is 655. The number of carboxylic acids is 1. The van der Waals surface area contributed by atoms with Crippen LogP contribution in [0.25, 0.3) is 10.6 Å². The van der Waals surface area contributed by atoms with Crippen LogP contribution in [0.2, 0.25) is 0 Å². The van der Waals surface area contributed by atoms with E-state index in [-0.39, 0.29) is 6.61 Å². The zero-order chi connectivity index (χ0) is 16.3. The second kappa shape index (κ2) is 7.21. The summed E-state index contributed by atoms with van der Waals surface area (Å²) in [5.74, 6) is -0.981. The van der Waals surface area contributed by atoms with Crippen molar-refractivity contribution < 1.29 is 14.6 Å². The summed E-state index contributed by atoms with van der Waals surface area (Å²) >= 11 is 4.97. The SMILES string of the molecule is CC(OCc1nc(-c2ccc(N(C)C)cc2)sc1Br)C(=O)O. The second-order valence-electron chi connectivity index (χ2n) is 4.97. The van der Waals surface area contributed by atoms with E-state index in [0.29, 0.717) is 5.69 Å². The first-order chi connectivity index (χ1) is 10.4. The predicted octanol–water partition coefficient (Wildman–Crippen LogP) is 3.63. The Kier molecular flexibility index (Phi) is 5.55. The van der Waals surface area contributed by atoms with Crippen LogP contribution in [0.4, 0.5) is 5.69 Å². The second-order valence-corrected chi connectivity index (χ2v) is 7.29. The molecule has 1 atom stereocenters. The van der Waals surface area contributed by atoms with Gasteiger partial charge in [-0.25, -0.2) is 9.78 Å². The third-order valence-corrected chi connectivity index (χ3v) is 4.98. The van der Waals surface area contributed by atoms with Gasteiger partial charge in [-0.05, 0) is 47.1 Å². The molecule has 0 spiro atoms. The first-order valence-electron chi connectivity index (χ1n) is 6.66. The number of rotatable bonds is 6. The third-order valence-electron chi connectivity index (χ3n) is 3.10. The molecule has 0 radical (unpaired) electrons. The highest BCUT2D eigenvalue weighted by molar-refractivity contribution is 9.11. The lowest BCUT2D eigenvalue weighted by Crippen LogP contribution is -2.19. The summed E-state index contributed by atoms with van der Waals surface area (Å²) in [7, 11) is 3.99. The van der Waals surface area contributed by atoms with Crippen molar-refractivity contribution in [1.29, 1.82) is 0 Å². The molecule has 1 heterocycles. The van der Waals surface area contributed by atoms with E-state index in [9.17, 15) is 4.79 Å². The molecule has 1 N–H and O–H groups in total. The Morgan fingerprint density at radius 2 is 2.05 bits per heavy atom. The maximum absolute atomic E-state index is 10.8. The molecule has 0 fully saturated rings. The molecule has 0 bridgehead atoms. The number of nitrogens with zero attached hydrogens (tertiary/aromatic N) is 2. The Morgan fingerprint density at radius 1 is 1.41 bits per heavy atom. The van der Waals surface area contributed by atoms with E-state index in [0.717, 1.165) is 20.0 Å². The monoisotopic (exact) mass is 384 g/mol. The van der Waals surface area contributed by atoms with E-state index < -0.39 is 12.1 Å². The van der Waals surface area contributed by atoms with Gasteiger partial charge in [-0.15, -0.1) is 11.3 Å². The lowest BCUT2D eigenvalue weighted by atomic mass is 10.2. The van der Waals surface area contributed by atoms with Crippen molar-refractivity contribution >= 4 is 38.9 Å². The highest BCUT2D eigenvalue weighted by Crippen LogP contribution is 2.33. The molecule has 1 aromatic carbocycles. The van der Waals surface area contributed by atoms with Gasteiger partial charge in [0.2, 0.25) is 0 Å². The molecular formula is C15H17BrN2O3S. The molecule has 0 amide bonds. The molecule has 2 rings (SSSR count). The van der Waals surface area contributed by atoms with Crippen molar-refractivity contribution in [2.45, 2.75) is 19.6 Å². The van der Waals surface area contributed by atoms with Crippen LogP contribution in [0.3, 0.4) is 0 Å². The minimum atomic E-state index is -0.981. The van der Waals surface area contributed by atoms with Crippen molar-refractivity contribution in [3.63, 3.8) is 0 Å². The first kappa shape index (κ1) is 16.9. The number of hydrogen-bond donors (Lipinski definition) is 1. The summed E-state index contributed by atoms with van der Waals surface area (Å²) in [5.41, 5.74) is 2.86. The van der Waals surface area contributed by atoms with Gasteiger partial charge in [0.25, 0.3) is 0 Å². The average molecular weight is 385 g/mol. The number of carboxylic acid groups (broad SMARTS) is 1. The fourth-order valence-corrected chi connectivity index (χ4v) is 3.19. The molecule has 118 valence electrons. The van der Waals surface area contributed by atoms with Crippen LogP contribution in [0.5, 0.6) is 0 Å². The molecule has 1 aromatic heterocycles. The highest BCUT2D eigenvalue weighted by Gasteiger charge is 2.15. The van der Waals surface area contributed by atoms with Crippen LogP contribution < -0.4 is 4.90 Å². The summed E-state index contributed by atoms with van der Waals surface area (Å²) in [6.07, 6.45) is -0.851. The minimum absolute atomic E-state index is 0.167. The number of aliphatic carboxylic acids is 1. The lowest BCUT2D eigenvalue weighted by molar-refractivity contribution is -0.149. The van der Waals surface area contributed by atoms with E-state index in [1.807, 2.05) is 43.3 Å². The molecule has 7 heteroatoms. The number of thiazole rings is 1. The normalized spacial score (nSPS) is 12.2. The molecule has 1 unspecified atom stereocenters. The van der Waals surface area contributed by atoms with Crippen LogP contribution >= 0.6 is 27.3 Å². The fourth-order valence-electron chi connectivity index (χ4n) is 1.72. The van der Waals surface area contributed by atoms with Crippen molar-refractivity contribution in [1.82, 2.24) is 4.98 Å². The zero-order valence-electron chi connectivity index (χ0n) is 12.5. The topological polar surface area (TPSA) is 62.7 Å². The molecule has 5 nitrogen and oxygen atoms in total. The Labute approximate surface area is 141 Å².